The van der Waals surface area contributed by atoms with Crippen molar-refractivity contribution in [3.63, 3.8) is 0 Å². The number of likely N-dealkylation sites (tertiary alicyclic amines) is 1. The summed E-state index contributed by atoms with van der Waals surface area (Å²) >= 11 is 0. The molecule has 0 unspecified atom stereocenters. The number of anilines is 2. The minimum atomic E-state index is 0.251. The van der Waals surface area contributed by atoms with E-state index in [4.69, 9.17) is 0 Å². The second-order valence-electron chi connectivity index (χ2n) is 6.91. The molecule has 3 heterocycles. The Labute approximate surface area is 154 Å². The van der Waals surface area contributed by atoms with Gasteiger partial charge in [0.2, 0.25) is 5.91 Å². The van der Waals surface area contributed by atoms with Crippen LogP contribution in [0.4, 0.5) is 11.6 Å². The Morgan fingerprint density at radius 2 is 2.04 bits per heavy atom. The van der Waals surface area contributed by atoms with Crippen molar-refractivity contribution in [2.75, 3.05) is 36.8 Å². The summed E-state index contributed by atoms with van der Waals surface area (Å²) in [5.41, 5.74) is 1.79. The molecule has 1 aliphatic rings. The molecule has 2 N–H and O–H groups in total. The molecule has 2 aromatic rings. The van der Waals surface area contributed by atoms with Crippen molar-refractivity contribution in [3.05, 3.63) is 30.7 Å². The summed E-state index contributed by atoms with van der Waals surface area (Å²) in [6, 6.07) is 5.86. The highest BCUT2D eigenvalue weighted by molar-refractivity contribution is 5.78. The highest BCUT2D eigenvalue weighted by Gasteiger charge is 2.19. The first-order valence-corrected chi connectivity index (χ1v) is 9.16. The van der Waals surface area contributed by atoms with Gasteiger partial charge >= 0.3 is 0 Å². The zero-order valence-electron chi connectivity index (χ0n) is 15.4. The fourth-order valence-corrected chi connectivity index (χ4v) is 2.83. The first-order chi connectivity index (χ1) is 12.6. The fourth-order valence-electron chi connectivity index (χ4n) is 2.83. The molecule has 7 nitrogen and oxygen atoms in total. The third-order valence-electron chi connectivity index (χ3n) is 4.28. The van der Waals surface area contributed by atoms with Crippen LogP contribution in [-0.2, 0) is 4.79 Å². The third kappa shape index (κ3) is 4.91. The van der Waals surface area contributed by atoms with Crippen LogP contribution in [0, 0.1) is 5.92 Å². The molecule has 0 bridgehead atoms. The number of aromatic nitrogens is 3. The highest BCUT2D eigenvalue weighted by Crippen LogP contribution is 2.19. The van der Waals surface area contributed by atoms with Gasteiger partial charge in [0.15, 0.2) is 0 Å². The number of rotatable bonds is 8. The van der Waals surface area contributed by atoms with E-state index in [-0.39, 0.29) is 5.91 Å². The van der Waals surface area contributed by atoms with Gasteiger partial charge in [-0.1, -0.05) is 13.8 Å². The molecule has 1 aliphatic heterocycles. The van der Waals surface area contributed by atoms with E-state index in [1.807, 2.05) is 23.1 Å². The van der Waals surface area contributed by atoms with Gasteiger partial charge in [0.05, 0.1) is 5.69 Å². The average molecular weight is 354 g/mol. The van der Waals surface area contributed by atoms with Crippen LogP contribution in [0.1, 0.15) is 26.7 Å². The van der Waals surface area contributed by atoms with Gasteiger partial charge in [0.1, 0.15) is 18.0 Å². The maximum atomic E-state index is 11.6. The molecule has 26 heavy (non-hydrogen) atoms. The maximum Gasteiger partial charge on any atom is 0.222 e. The lowest BCUT2D eigenvalue weighted by molar-refractivity contribution is -0.127. The van der Waals surface area contributed by atoms with Crippen molar-refractivity contribution in [2.24, 2.45) is 5.92 Å². The van der Waals surface area contributed by atoms with Crippen LogP contribution in [-0.4, -0.2) is 51.9 Å². The highest BCUT2D eigenvalue weighted by atomic mass is 16.2. The monoisotopic (exact) mass is 354 g/mol. The second kappa shape index (κ2) is 8.60. The molecule has 138 valence electrons. The lowest BCUT2D eigenvalue weighted by Crippen LogP contribution is -2.30. The van der Waals surface area contributed by atoms with E-state index in [9.17, 15) is 4.79 Å². The van der Waals surface area contributed by atoms with Crippen molar-refractivity contribution in [2.45, 2.75) is 26.7 Å². The summed E-state index contributed by atoms with van der Waals surface area (Å²) in [5.74, 6) is 2.42. The summed E-state index contributed by atoms with van der Waals surface area (Å²) in [4.78, 5) is 26.5. The molecule has 0 saturated carbocycles. The topological polar surface area (TPSA) is 83.0 Å². The summed E-state index contributed by atoms with van der Waals surface area (Å²) in [7, 11) is 0. The minimum absolute atomic E-state index is 0.251. The van der Waals surface area contributed by atoms with E-state index in [1.165, 1.54) is 0 Å². The first-order valence-electron chi connectivity index (χ1n) is 9.16. The number of nitrogens with zero attached hydrogens (tertiary/aromatic N) is 4. The minimum Gasteiger partial charge on any atom is -0.370 e. The van der Waals surface area contributed by atoms with E-state index in [0.29, 0.717) is 18.9 Å². The van der Waals surface area contributed by atoms with Gasteiger partial charge in [-0.2, -0.15) is 0 Å². The Kier molecular flexibility index (Phi) is 5.99. The van der Waals surface area contributed by atoms with E-state index < -0.39 is 0 Å². The van der Waals surface area contributed by atoms with Gasteiger partial charge in [-0.15, -0.1) is 0 Å². The largest absolute Gasteiger partial charge is 0.370 e. The van der Waals surface area contributed by atoms with Gasteiger partial charge < -0.3 is 15.5 Å². The van der Waals surface area contributed by atoms with Gasteiger partial charge in [-0.25, -0.2) is 15.0 Å². The number of amides is 1. The molecule has 1 amide bonds. The van der Waals surface area contributed by atoms with Crippen molar-refractivity contribution >= 4 is 17.5 Å². The predicted octanol–water partition coefficient (Wildman–Crippen LogP) is 2.64. The number of hydrogen-bond donors (Lipinski definition) is 2. The molecule has 0 spiro atoms. The quantitative estimate of drug-likeness (QED) is 0.758. The molecule has 7 heteroatoms. The van der Waals surface area contributed by atoms with Crippen molar-refractivity contribution < 1.29 is 4.79 Å². The number of hydrogen-bond acceptors (Lipinski definition) is 6. The van der Waals surface area contributed by atoms with Crippen molar-refractivity contribution in [1.29, 1.82) is 0 Å². The molecule has 0 radical (unpaired) electrons. The normalized spacial score (nSPS) is 14.1. The molecule has 2 aromatic heterocycles. The molecule has 1 fully saturated rings. The Balaban J connectivity index is 1.55. The summed E-state index contributed by atoms with van der Waals surface area (Å²) in [6.07, 6.45) is 5.02. The Bertz CT molecular complexity index is 731. The van der Waals surface area contributed by atoms with Crippen LogP contribution >= 0.6 is 0 Å². The third-order valence-corrected chi connectivity index (χ3v) is 4.28. The van der Waals surface area contributed by atoms with Crippen LogP contribution in [0.5, 0.6) is 0 Å². The molecule has 0 atom stereocenters. The number of nitrogens with one attached hydrogen (secondary N) is 2. The lowest BCUT2D eigenvalue weighted by Gasteiger charge is -2.15. The van der Waals surface area contributed by atoms with Crippen LogP contribution in [0.25, 0.3) is 11.3 Å². The number of pyridine rings is 1. The van der Waals surface area contributed by atoms with E-state index >= 15 is 0 Å². The summed E-state index contributed by atoms with van der Waals surface area (Å²) in [6.45, 7) is 7.48. The van der Waals surface area contributed by atoms with E-state index in [0.717, 1.165) is 48.9 Å². The lowest BCUT2D eigenvalue weighted by atomic mass is 10.2. The van der Waals surface area contributed by atoms with Gasteiger partial charge in [-0.3, -0.25) is 4.79 Å². The van der Waals surface area contributed by atoms with E-state index in [1.54, 1.807) is 12.5 Å². The van der Waals surface area contributed by atoms with Crippen LogP contribution in [0.3, 0.4) is 0 Å². The van der Waals surface area contributed by atoms with Crippen LogP contribution < -0.4 is 10.6 Å². The smallest absolute Gasteiger partial charge is 0.222 e. The summed E-state index contributed by atoms with van der Waals surface area (Å²) in [5, 5.41) is 6.57. The molecule has 1 saturated heterocycles. The van der Waals surface area contributed by atoms with Crippen molar-refractivity contribution in [3.8, 4) is 11.3 Å². The first kappa shape index (κ1) is 18.1. The van der Waals surface area contributed by atoms with Gasteiger partial charge in [0, 0.05) is 50.4 Å². The molecule has 3 rings (SSSR count). The molecular formula is C19H26N6O. The molecular weight excluding hydrogens is 328 g/mol. The van der Waals surface area contributed by atoms with Crippen LogP contribution in [0.15, 0.2) is 30.7 Å². The maximum absolute atomic E-state index is 11.6. The number of carbonyl (C=O) groups is 1. The SMILES string of the molecule is CC(C)CNc1cc(-c2ccc(NCCN3CCCC3=O)nc2)ncn1. The fraction of sp³-hybridized carbons (Fsp3) is 0.474. The Morgan fingerprint density at radius 3 is 2.73 bits per heavy atom. The van der Waals surface area contributed by atoms with Gasteiger partial charge in [-0.05, 0) is 24.5 Å². The van der Waals surface area contributed by atoms with Crippen LogP contribution in [0.2, 0.25) is 0 Å². The Hall–Kier alpha value is -2.70. The van der Waals surface area contributed by atoms with Crippen molar-refractivity contribution in [1.82, 2.24) is 19.9 Å². The second-order valence-corrected chi connectivity index (χ2v) is 6.91. The zero-order valence-corrected chi connectivity index (χ0v) is 15.4. The summed E-state index contributed by atoms with van der Waals surface area (Å²) < 4.78 is 0. The zero-order chi connectivity index (χ0) is 18.4. The van der Waals surface area contributed by atoms with E-state index in [2.05, 4.69) is 39.4 Å². The Morgan fingerprint density at radius 1 is 1.15 bits per heavy atom. The molecule has 0 aromatic carbocycles. The van der Waals surface area contributed by atoms with Gasteiger partial charge in [0.25, 0.3) is 0 Å². The molecule has 0 aliphatic carbocycles. The number of carbonyl (C=O) groups excluding carboxylic acids is 1. The predicted molar refractivity (Wildman–Crippen MR) is 103 cm³/mol. The average Bonchev–Trinajstić information content (AvgIpc) is 3.06. The standard InChI is InChI=1S/C19H26N6O/c1-14(2)11-21-18-10-16(23-13-24-18)15-5-6-17(22-12-15)20-7-9-25-8-3-4-19(25)26/h5-6,10,12-14H,3-4,7-9,11H2,1-2H3,(H,20,22)(H,21,23,24).